The standard InChI is InChI=1S/C72H123NO10/c1-4-7-10-13-16-19-22-24-26-28-30-32-33-34-36-38-40-42-45-48-51-54-57-60-67(77)83-70-69(79)68(78)66(61-74)82-72(70)81-62-63(64(75)58-55-52-49-46-43-21-18-15-12-9-6-3)73-71(80)65(76)59-56-53-50-47-44-41-39-37-35-31-29-27-25-23-20-17-14-11-8-5-2/h8,11,16-17,19-20,24-27,31,35,39,41,47,50,55,58,63-66,68-70,72,74-76,78-79H,4-7,9-10,12-15,18,21-23,28-30,32-34,36-38,40,42-46,48-49,51-54,56-57,59-62H2,1-3H3,(H,73,80)/b11-8-,19-16-,20-17-,26-24-,27-25-,35-31-,41-39-,50-47-,58-55+. The molecule has 83 heavy (non-hydrogen) atoms. The first-order valence-corrected chi connectivity index (χ1v) is 33.7. The molecule has 8 unspecified atom stereocenters. The van der Waals surface area contributed by atoms with E-state index in [1.54, 1.807) is 6.08 Å². The van der Waals surface area contributed by atoms with Crippen LogP contribution >= 0.6 is 0 Å². The molecule has 8 atom stereocenters. The van der Waals surface area contributed by atoms with Crippen molar-refractivity contribution in [2.75, 3.05) is 13.2 Å². The topological polar surface area (TPSA) is 175 Å². The molecule has 0 aliphatic carbocycles. The zero-order valence-corrected chi connectivity index (χ0v) is 52.8. The van der Waals surface area contributed by atoms with E-state index in [-0.39, 0.29) is 19.4 Å². The molecule has 1 heterocycles. The van der Waals surface area contributed by atoms with Gasteiger partial charge in [0.25, 0.3) is 0 Å². The first-order chi connectivity index (χ1) is 40.7. The monoisotopic (exact) mass is 1160 g/mol. The van der Waals surface area contributed by atoms with Gasteiger partial charge in [0.2, 0.25) is 5.91 Å². The number of allylic oxidation sites excluding steroid dienone is 17. The minimum absolute atomic E-state index is 0.113. The summed E-state index contributed by atoms with van der Waals surface area (Å²) in [6.45, 7) is 5.62. The van der Waals surface area contributed by atoms with Crippen molar-refractivity contribution in [3.05, 3.63) is 109 Å². The number of carbonyl (C=O) groups is 2. The van der Waals surface area contributed by atoms with Crippen molar-refractivity contribution in [1.29, 1.82) is 0 Å². The lowest BCUT2D eigenvalue weighted by molar-refractivity contribution is -0.305. The first-order valence-electron chi connectivity index (χ1n) is 33.7. The maximum atomic E-state index is 13.4. The third-order valence-corrected chi connectivity index (χ3v) is 15.2. The lowest BCUT2D eigenvalue weighted by Crippen LogP contribution is -2.61. The van der Waals surface area contributed by atoms with Gasteiger partial charge in [-0.15, -0.1) is 0 Å². The van der Waals surface area contributed by atoms with Crippen LogP contribution in [0.5, 0.6) is 0 Å². The maximum absolute atomic E-state index is 13.4. The number of ether oxygens (including phenoxy) is 3. The van der Waals surface area contributed by atoms with Crippen LogP contribution in [-0.4, -0.2) is 99.6 Å². The zero-order chi connectivity index (χ0) is 60.3. The average molecular weight is 1160 g/mol. The molecule has 0 aromatic rings. The van der Waals surface area contributed by atoms with Gasteiger partial charge in [0.15, 0.2) is 12.4 Å². The summed E-state index contributed by atoms with van der Waals surface area (Å²) in [6, 6.07) is -1.05. The summed E-state index contributed by atoms with van der Waals surface area (Å²) in [4.78, 5) is 26.6. The molecule has 1 amide bonds. The molecule has 0 aromatic heterocycles. The Labute approximate surface area is 507 Å². The van der Waals surface area contributed by atoms with E-state index in [0.717, 1.165) is 89.9 Å². The Morgan fingerprint density at radius 3 is 1.33 bits per heavy atom. The fourth-order valence-electron chi connectivity index (χ4n) is 9.87. The molecule has 1 saturated heterocycles. The minimum atomic E-state index is -1.63. The van der Waals surface area contributed by atoms with Gasteiger partial charge in [-0.25, -0.2) is 0 Å². The van der Waals surface area contributed by atoms with Crippen molar-refractivity contribution in [1.82, 2.24) is 5.32 Å². The van der Waals surface area contributed by atoms with Crippen LogP contribution < -0.4 is 5.32 Å². The molecule has 1 fully saturated rings. The number of nitrogens with one attached hydrogen (secondary N) is 1. The number of amides is 1. The predicted molar refractivity (Wildman–Crippen MR) is 347 cm³/mol. The SMILES string of the molecule is CC/C=C\C/C=C\C/C=C\C/C=C\C/C=C\C/C=C\CCCC(O)C(=O)NC(COC1OC(CO)C(O)C(O)C1OC(=O)CCCCCCCCCCCCCCC/C=C\C/C=C\CCCCC)C(O)/C=C/CCCCCCCCCCC. The predicted octanol–water partition coefficient (Wildman–Crippen LogP) is 16.8. The summed E-state index contributed by atoms with van der Waals surface area (Å²) in [6.07, 6.45) is 69.9. The number of hydrogen-bond acceptors (Lipinski definition) is 10. The summed E-state index contributed by atoms with van der Waals surface area (Å²) >= 11 is 0. The zero-order valence-electron chi connectivity index (χ0n) is 52.8. The molecule has 1 aliphatic rings. The summed E-state index contributed by atoms with van der Waals surface area (Å²) in [5.41, 5.74) is 0. The molecule has 0 spiro atoms. The number of unbranched alkanes of at least 4 members (excludes halogenated alkanes) is 26. The molecule has 0 saturated carbocycles. The Morgan fingerprint density at radius 2 is 0.867 bits per heavy atom. The fraction of sp³-hybridized carbons (Fsp3) is 0.722. The maximum Gasteiger partial charge on any atom is 0.306 e. The van der Waals surface area contributed by atoms with E-state index in [4.69, 9.17) is 14.2 Å². The second-order valence-electron chi connectivity index (χ2n) is 22.8. The van der Waals surface area contributed by atoms with E-state index in [0.29, 0.717) is 19.3 Å². The number of hydrogen-bond donors (Lipinski definition) is 6. The number of carbonyl (C=O) groups excluding carboxylic acids is 2. The highest BCUT2D eigenvalue weighted by atomic mass is 16.7. The Balaban J connectivity index is 2.63. The summed E-state index contributed by atoms with van der Waals surface area (Å²) < 4.78 is 17.6. The van der Waals surface area contributed by atoms with Crippen LogP contribution in [0.4, 0.5) is 0 Å². The largest absolute Gasteiger partial charge is 0.454 e. The van der Waals surface area contributed by atoms with Gasteiger partial charge in [0.05, 0.1) is 25.4 Å². The molecule has 11 nitrogen and oxygen atoms in total. The number of esters is 1. The lowest BCUT2D eigenvalue weighted by Gasteiger charge is -2.41. The molecule has 11 heteroatoms. The Hall–Kier alpha value is -3.68. The number of rotatable bonds is 56. The van der Waals surface area contributed by atoms with E-state index in [1.807, 2.05) is 12.2 Å². The van der Waals surface area contributed by atoms with Gasteiger partial charge in [0, 0.05) is 6.42 Å². The van der Waals surface area contributed by atoms with Crippen LogP contribution in [0.2, 0.25) is 0 Å². The quantitative estimate of drug-likeness (QED) is 0.0195. The molecule has 1 rings (SSSR count). The van der Waals surface area contributed by atoms with E-state index < -0.39 is 67.4 Å². The van der Waals surface area contributed by atoms with Crippen LogP contribution in [0.1, 0.15) is 271 Å². The van der Waals surface area contributed by atoms with E-state index in [2.05, 4.69) is 117 Å². The summed E-state index contributed by atoms with van der Waals surface area (Å²) in [7, 11) is 0. The van der Waals surface area contributed by atoms with Crippen LogP contribution in [0, 0.1) is 0 Å². The number of aliphatic hydroxyl groups excluding tert-OH is 5. The van der Waals surface area contributed by atoms with Gasteiger partial charge in [0.1, 0.15) is 24.4 Å². The van der Waals surface area contributed by atoms with Crippen LogP contribution in [0.15, 0.2) is 109 Å². The van der Waals surface area contributed by atoms with E-state index in [1.165, 1.54) is 128 Å². The second kappa shape index (κ2) is 58.7. The highest BCUT2D eigenvalue weighted by Crippen LogP contribution is 2.26. The average Bonchev–Trinajstić information content (AvgIpc) is 3.61. The van der Waals surface area contributed by atoms with Gasteiger partial charge in [-0.2, -0.15) is 0 Å². The van der Waals surface area contributed by atoms with Crippen molar-refractivity contribution in [2.45, 2.75) is 320 Å². The van der Waals surface area contributed by atoms with E-state index >= 15 is 0 Å². The van der Waals surface area contributed by atoms with Crippen LogP contribution in [0.25, 0.3) is 0 Å². The van der Waals surface area contributed by atoms with Gasteiger partial charge < -0.3 is 45.1 Å². The summed E-state index contributed by atoms with van der Waals surface area (Å²) in [5.74, 6) is -1.24. The van der Waals surface area contributed by atoms with E-state index in [9.17, 15) is 35.1 Å². The lowest BCUT2D eigenvalue weighted by atomic mass is 9.99. The van der Waals surface area contributed by atoms with Crippen molar-refractivity contribution in [3.8, 4) is 0 Å². The van der Waals surface area contributed by atoms with Gasteiger partial charge in [-0.1, -0.05) is 265 Å². The Morgan fingerprint density at radius 1 is 0.482 bits per heavy atom. The molecule has 1 aliphatic heterocycles. The number of aliphatic hydroxyl groups is 5. The molecular weight excluding hydrogens is 1040 g/mol. The van der Waals surface area contributed by atoms with Crippen LogP contribution in [0.3, 0.4) is 0 Å². The highest BCUT2D eigenvalue weighted by Gasteiger charge is 2.47. The van der Waals surface area contributed by atoms with Gasteiger partial charge in [-0.3, -0.25) is 9.59 Å². The van der Waals surface area contributed by atoms with Crippen molar-refractivity contribution >= 4 is 11.9 Å². The van der Waals surface area contributed by atoms with Crippen molar-refractivity contribution in [2.24, 2.45) is 0 Å². The molecule has 0 radical (unpaired) electrons. The molecule has 0 aromatic carbocycles. The molecular formula is C72H123NO10. The smallest absolute Gasteiger partial charge is 0.306 e. The fourth-order valence-corrected chi connectivity index (χ4v) is 9.87. The van der Waals surface area contributed by atoms with Gasteiger partial charge >= 0.3 is 5.97 Å². The van der Waals surface area contributed by atoms with Crippen molar-refractivity contribution < 1.29 is 49.3 Å². The minimum Gasteiger partial charge on any atom is -0.454 e. The van der Waals surface area contributed by atoms with Crippen molar-refractivity contribution in [3.63, 3.8) is 0 Å². The normalized spacial score (nSPS) is 19.3. The molecule has 0 bridgehead atoms. The third kappa shape index (κ3) is 46.2. The second-order valence-corrected chi connectivity index (χ2v) is 22.8. The third-order valence-electron chi connectivity index (χ3n) is 15.2. The summed E-state index contributed by atoms with van der Waals surface area (Å²) in [5, 5.41) is 57.0. The molecule has 476 valence electrons. The highest BCUT2D eigenvalue weighted by molar-refractivity contribution is 5.80. The van der Waals surface area contributed by atoms with Gasteiger partial charge in [-0.05, 0) is 109 Å². The van der Waals surface area contributed by atoms with Crippen LogP contribution in [-0.2, 0) is 23.8 Å². The Kier molecular flexibility index (Phi) is 54.7. The Bertz CT molecular complexity index is 1770. The first kappa shape index (κ1) is 77.3. The molecule has 6 N–H and O–H groups in total.